The lowest BCUT2D eigenvalue weighted by atomic mass is 9.79. The van der Waals surface area contributed by atoms with Gasteiger partial charge in [-0.25, -0.2) is 0 Å². The molecule has 0 aliphatic heterocycles. The molecule has 2 rings (SSSR count). The maximum atomic E-state index is 9.39. The number of nitriles is 1. The zero-order chi connectivity index (χ0) is 14.4. The standard InChI is InChI=1S/C17H24N2O/c1-14-7-8-16(12-18)17(11-14)19(9-10-20)13-15-5-3-2-4-6-15/h2-6,14,16-17,20H,7-11,13H2,1H3. The third-order valence-corrected chi connectivity index (χ3v) is 4.33. The van der Waals surface area contributed by atoms with Crippen LogP contribution in [0.25, 0.3) is 0 Å². The number of nitrogens with zero attached hydrogens (tertiary/aromatic N) is 2. The summed E-state index contributed by atoms with van der Waals surface area (Å²) in [4.78, 5) is 2.29. The summed E-state index contributed by atoms with van der Waals surface area (Å²) in [7, 11) is 0. The van der Waals surface area contributed by atoms with E-state index in [1.165, 1.54) is 5.56 Å². The van der Waals surface area contributed by atoms with Crippen LogP contribution in [-0.2, 0) is 6.54 Å². The summed E-state index contributed by atoms with van der Waals surface area (Å²) in [6, 6.07) is 13.1. The van der Waals surface area contributed by atoms with Gasteiger partial charge in [-0.2, -0.15) is 5.26 Å². The van der Waals surface area contributed by atoms with Crippen LogP contribution in [0.4, 0.5) is 0 Å². The Morgan fingerprint density at radius 3 is 2.70 bits per heavy atom. The van der Waals surface area contributed by atoms with Gasteiger partial charge in [0.05, 0.1) is 18.6 Å². The van der Waals surface area contributed by atoms with E-state index in [9.17, 15) is 10.4 Å². The van der Waals surface area contributed by atoms with Crippen molar-refractivity contribution in [2.24, 2.45) is 11.8 Å². The Balaban J connectivity index is 2.11. The number of rotatable bonds is 5. The van der Waals surface area contributed by atoms with Gasteiger partial charge in [0.15, 0.2) is 0 Å². The lowest BCUT2D eigenvalue weighted by Gasteiger charge is -2.39. The van der Waals surface area contributed by atoms with E-state index in [2.05, 4.69) is 30.0 Å². The topological polar surface area (TPSA) is 47.3 Å². The number of benzene rings is 1. The molecule has 0 heterocycles. The average Bonchev–Trinajstić information content (AvgIpc) is 2.48. The van der Waals surface area contributed by atoms with Crippen molar-refractivity contribution in [3.8, 4) is 6.07 Å². The van der Waals surface area contributed by atoms with E-state index in [-0.39, 0.29) is 18.6 Å². The van der Waals surface area contributed by atoms with E-state index in [0.717, 1.165) is 25.8 Å². The van der Waals surface area contributed by atoms with Gasteiger partial charge in [-0.05, 0) is 30.7 Å². The Hall–Kier alpha value is -1.37. The maximum Gasteiger partial charge on any atom is 0.0672 e. The first-order valence-corrected chi connectivity index (χ1v) is 7.53. The SMILES string of the molecule is CC1CCC(C#N)C(N(CCO)Cc2ccccc2)C1. The smallest absolute Gasteiger partial charge is 0.0672 e. The summed E-state index contributed by atoms with van der Waals surface area (Å²) in [5.41, 5.74) is 1.25. The summed E-state index contributed by atoms with van der Waals surface area (Å²) in [6.07, 6.45) is 3.19. The molecule has 3 unspecified atom stereocenters. The van der Waals surface area contributed by atoms with E-state index >= 15 is 0 Å². The monoisotopic (exact) mass is 272 g/mol. The summed E-state index contributed by atoms with van der Waals surface area (Å²) in [5.74, 6) is 0.767. The van der Waals surface area contributed by atoms with Gasteiger partial charge < -0.3 is 5.11 Å². The van der Waals surface area contributed by atoms with Crippen molar-refractivity contribution >= 4 is 0 Å². The van der Waals surface area contributed by atoms with Gasteiger partial charge in [-0.15, -0.1) is 0 Å². The number of hydrogen-bond donors (Lipinski definition) is 1. The van der Waals surface area contributed by atoms with Crippen molar-refractivity contribution < 1.29 is 5.11 Å². The molecule has 0 bridgehead atoms. The van der Waals surface area contributed by atoms with Crippen molar-refractivity contribution in [3.63, 3.8) is 0 Å². The highest BCUT2D eigenvalue weighted by Crippen LogP contribution is 2.32. The van der Waals surface area contributed by atoms with Gasteiger partial charge in [0.2, 0.25) is 0 Å². The van der Waals surface area contributed by atoms with E-state index < -0.39 is 0 Å². The minimum absolute atomic E-state index is 0.0986. The highest BCUT2D eigenvalue weighted by atomic mass is 16.3. The first-order valence-electron chi connectivity index (χ1n) is 7.53. The molecule has 0 radical (unpaired) electrons. The molecule has 1 N–H and O–H groups in total. The molecule has 0 saturated heterocycles. The lowest BCUT2D eigenvalue weighted by Crippen LogP contribution is -2.44. The molecular weight excluding hydrogens is 248 g/mol. The summed E-state index contributed by atoms with van der Waals surface area (Å²) in [5, 5.41) is 18.7. The summed E-state index contributed by atoms with van der Waals surface area (Å²) < 4.78 is 0. The van der Waals surface area contributed by atoms with Gasteiger partial charge in [-0.3, -0.25) is 4.90 Å². The van der Waals surface area contributed by atoms with Crippen LogP contribution in [0, 0.1) is 23.2 Å². The van der Waals surface area contributed by atoms with E-state index in [4.69, 9.17) is 0 Å². The van der Waals surface area contributed by atoms with Crippen molar-refractivity contribution in [3.05, 3.63) is 35.9 Å². The van der Waals surface area contributed by atoms with Crippen LogP contribution < -0.4 is 0 Å². The molecule has 1 aliphatic carbocycles. The van der Waals surface area contributed by atoms with E-state index in [1.54, 1.807) is 0 Å². The molecule has 108 valence electrons. The number of aliphatic hydroxyl groups excluding tert-OH is 1. The molecule has 0 amide bonds. The number of aliphatic hydroxyl groups is 1. The normalized spacial score (nSPS) is 26.4. The molecule has 1 aliphatic rings. The highest BCUT2D eigenvalue weighted by Gasteiger charge is 2.32. The zero-order valence-electron chi connectivity index (χ0n) is 12.2. The molecule has 1 saturated carbocycles. The van der Waals surface area contributed by atoms with Crippen LogP contribution in [0.3, 0.4) is 0 Å². The molecule has 1 aromatic carbocycles. The maximum absolute atomic E-state index is 9.39. The van der Waals surface area contributed by atoms with Gasteiger partial charge >= 0.3 is 0 Å². The van der Waals surface area contributed by atoms with Gasteiger partial charge in [0, 0.05) is 19.1 Å². The van der Waals surface area contributed by atoms with Gasteiger partial charge in [0.1, 0.15) is 0 Å². The third kappa shape index (κ3) is 3.82. The zero-order valence-corrected chi connectivity index (χ0v) is 12.2. The Bertz CT molecular complexity index is 440. The fourth-order valence-corrected chi connectivity index (χ4v) is 3.21. The Morgan fingerprint density at radius 1 is 1.30 bits per heavy atom. The molecule has 1 fully saturated rings. The molecule has 3 atom stereocenters. The first-order chi connectivity index (χ1) is 9.74. The largest absolute Gasteiger partial charge is 0.395 e. The predicted octanol–water partition coefficient (Wildman–Crippen LogP) is 2.81. The molecule has 20 heavy (non-hydrogen) atoms. The minimum atomic E-state index is 0.0986. The molecule has 3 nitrogen and oxygen atoms in total. The highest BCUT2D eigenvalue weighted by molar-refractivity contribution is 5.15. The van der Waals surface area contributed by atoms with Gasteiger partial charge in [-0.1, -0.05) is 37.3 Å². The summed E-state index contributed by atoms with van der Waals surface area (Å²) >= 11 is 0. The fraction of sp³-hybridized carbons (Fsp3) is 0.588. The van der Waals surface area contributed by atoms with E-state index in [1.807, 2.05) is 18.2 Å². The molecule has 1 aromatic rings. The van der Waals surface area contributed by atoms with Crippen LogP contribution in [0.1, 0.15) is 31.7 Å². The predicted molar refractivity (Wildman–Crippen MR) is 79.8 cm³/mol. The van der Waals surface area contributed by atoms with Crippen LogP contribution in [0.15, 0.2) is 30.3 Å². The van der Waals surface area contributed by atoms with Crippen molar-refractivity contribution in [1.29, 1.82) is 5.26 Å². The Kier molecular flexibility index (Phi) is 5.58. The van der Waals surface area contributed by atoms with Crippen molar-refractivity contribution in [2.75, 3.05) is 13.2 Å². The average molecular weight is 272 g/mol. The fourth-order valence-electron chi connectivity index (χ4n) is 3.21. The van der Waals surface area contributed by atoms with Crippen LogP contribution in [-0.4, -0.2) is 29.2 Å². The minimum Gasteiger partial charge on any atom is -0.395 e. The molecular formula is C17H24N2O. The van der Waals surface area contributed by atoms with E-state index in [0.29, 0.717) is 12.5 Å². The quantitative estimate of drug-likeness (QED) is 0.896. The Morgan fingerprint density at radius 2 is 2.05 bits per heavy atom. The van der Waals surface area contributed by atoms with Crippen molar-refractivity contribution in [2.45, 2.75) is 38.8 Å². The van der Waals surface area contributed by atoms with Crippen LogP contribution in [0.5, 0.6) is 0 Å². The lowest BCUT2D eigenvalue weighted by molar-refractivity contribution is 0.0793. The molecule has 3 heteroatoms. The van der Waals surface area contributed by atoms with Crippen LogP contribution >= 0.6 is 0 Å². The summed E-state index contributed by atoms with van der Waals surface area (Å²) in [6.45, 7) is 3.87. The van der Waals surface area contributed by atoms with Crippen molar-refractivity contribution in [1.82, 2.24) is 4.90 Å². The Labute approximate surface area is 121 Å². The second kappa shape index (κ2) is 7.42. The number of hydrogen-bond acceptors (Lipinski definition) is 3. The molecule has 0 spiro atoms. The van der Waals surface area contributed by atoms with Crippen LogP contribution in [0.2, 0.25) is 0 Å². The second-order valence-corrected chi connectivity index (χ2v) is 5.90. The third-order valence-electron chi connectivity index (χ3n) is 4.33. The van der Waals surface area contributed by atoms with Gasteiger partial charge in [0.25, 0.3) is 0 Å². The first kappa shape index (κ1) is 15.0. The second-order valence-electron chi connectivity index (χ2n) is 5.90. The molecule has 0 aromatic heterocycles.